The van der Waals surface area contributed by atoms with Crippen LogP contribution >= 0.6 is 0 Å². The molecule has 2 amide bonds. The van der Waals surface area contributed by atoms with Crippen molar-refractivity contribution in [3.05, 3.63) is 24.2 Å². The summed E-state index contributed by atoms with van der Waals surface area (Å²) in [5.74, 6) is -1.36. The molecular formula is C18H26N2O5. The fourth-order valence-corrected chi connectivity index (χ4v) is 2.79. The largest absolute Gasteiger partial charge is 0.459 e. The minimum Gasteiger partial charge on any atom is -0.459 e. The van der Waals surface area contributed by atoms with Gasteiger partial charge in [0.2, 0.25) is 0 Å². The molecule has 1 aromatic heterocycles. The molecule has 138 valence electrons. The summed E-state index contributed by atoms with van der Waals surface area (Å²) in [4.78, 5) is 38.7. The second-order valence-electron chi connectivity index (χ2n) is 6.64. The average molecular weight is 350 g/mol. The molecule has 1 N–H and O–H groups in total. The quantitative estimate of drug-likeness (QED) is 0.793. The van der Waals surface area contributed by atoms with E-state index in [0.717, 1.165) is 19.3 Å². The molecule has 0 saturated carbocycles. The van der Waals surface area contributed by atoms with Gasteiger partial charge in [0.05, 0.1) is 6.26 Å². The molecule has 2 heterocycles. The second-order valence-corrected chi connectivity index (χ2v) is 6.64. The highest BCUT2D eigenvalue weighted by molar-refractivity contribution is 5.95. The van der Waals surface area contributed by atoms with Crippen LogP contribution in [0.3, 0.4) is 0 Å². The van der Waals surface area contributed by atoms with Crippen LogP contribution < -0.4 is 5.32 Å². The van der Waals surface area contributed by atoms with Crippen LogP contribution in [0.5, 0.6) is 0 Å². The molecule has 1 fully saturated rings. The molecule has 2 rings (SSSR count). The van der Waals surface area contributed by atoms with Crippen molar-refractivity contribution in [3.63, 3.8) is 0 Å². The Bertz CT molecular complexity index is 591. The van der Waals surface area contributed by atoms with Gasteiger partial charge < -0.3 is 19.4 Å². The first-order valence-electron chi connectivity index (χ1n) is 8.73. The predicted molar refractivity (Wildman–Crippen MR) is 90.8 cm³/mol. The molecule has 0 bridgehead atoms. The normalized spacial score (nSPS) is 17.0. The Labute approximate surface area is 147 Å². The van der Waals surface area contributed by atoms with Crippen LogP contribution in [0, 0.1) is 5.92 Å². The van der Waals surface area contributed by atoms with Crippen LogP contribution in [0.4, 0.5) is 0 Å². The van der Waals surface area contributed by atoms with Crippen molar-refractivity contribution in [2.24, 2.45) is 5.92 Å². The van der Waals surface area contributed by atoms with E-state index in [9.17, 15) is 14.4 Å². The Morgan fingerprint density at radius 2 is 1.84 bits per heavy atom. The standard InChI is InChI=1S/C18H26N2O5/c1-12(2)15(19-16(21)14-8-7-11-24-14)18(23)25-13(3)17(22)20-9-5-4-6-10-20/h7-8,11-13,15H,4-6,9-10H2,1-3H3,(H,19,21)/t13-,15+/m1/s1. The number of carbonyl (C=O) groups is 3. The summed E-state index contributed by atoms with van der Waals surface area (Å²) in [6.07, 6.45) is 3.58. The number of hydrogen-bond donors (Lipinski definition) is 1. The molecule has 0 aromatic carbocycles. The summed E-state index contributed by atoms with van der Waals surface area (Å²) >= 11 is 0. The monoisotopic (exact) mass is 350 g/mol. The van der Waals surface area contributed by atoms with Crippen LogP contribution in [0.1, 0.15) is 50.6 Å². The predicted octanol–water partition coefficient (Wildman–Crippen LogP) is 1.98. The van der Waals surface area contributed by atoms with Crippen molar-refractivity contribution in [1.82, 2.24) is 10.2 Å². The van der Waals surface area contributed by atoms with E-state index in [4.69, 9.17) is 9.15 Å². The van der Waals surface area contributed by atoms with Crippen LogP contribution in [-0.2, 0) is 14.3 Å². The number of piperidine rings is 1. The van der Waals surface area contributed by atoms with Crippen molar-refractivity contribution < 1.29 is 23.5 Å². The van der Waals surface area contributed by atoms with Crippen LogP contribution in [0.2, 0.25) is 0 Å². The highest BCUT2D eigenvalue weighted by atomic mass is 16.5. The summed E-state index contributed by atoms with van der Waals surface area (Å²) in [5, 5.41) is 2.61. The number of amides is 2. The molecule has 0 unspecified atom stereocenters. The van der Waals surface area contributed by atoms with E-state index >= 15 is 0 Å². The molecule has 7 heteroatoms. The molecule has 1 saturated heterocycles. The van der Waals surface area contributed by atoms with Gasteiger partial charge in [0.15, 0.2) is 11.9 Å². The maximum Gasteiger partial charge on any atom is 0.329 e. The van der Waals surface area contributed by atoms with Gasteiger partial charge in [-0.25, -0.2) is 4.79 Å². The van der Waals surface area contributed by atoms with Crippen LogP contribution in [-0.4, -0.2) is 47.9 Å². The van der Waals surface area contributed by atoms with E-state index in [1.165, 1.54) is 12.3 Å². The van der Waals surface area contributed by atoms with Crippen LogP contribution in [0.15, 0.2) is 22.8 Å². The summed E-state index contributed by atoms with van der Waals surface area (Å²) in [5.41, 5.74) is 0. The second kappa shape index (κ2) is 8.69. The Morgan fingerprint density at radius 1 is 1.16 bits per heavy atom. The lowest BCUT2D eigenvalue weighted by Crippen LogP contribution is -2.48. The lowest BCUT2D eigenvalue weighted by atomic mass is 10.0. The molecular weight excluding hydrogens is 324 g/mol. The molecule has 2 atom stereocenters. The van der Waals surface area contributed by atoms with Gasteiger partial charge in [0.25, 0.3) is 11.8 Å². The van der Waals surface area contributed by atoms with Gasteiger partial charge in [-0.2, -0.15) is 0 Å². The molecule has 7 nitrogen and oxygen atoms in total. The average Bonchev–Trinajstić information content (AvgIpc) is 3.13. The number of esters is 1. The highest BCUT2D eigenvalue weighted by Gasteiger charge is 2.31. The van der Waals surface area contributed by atoms with E-state index in [1.807, 2.05) is 0 Å². The summed E-state index contributed by atoms with van der Waals surface area (Å²) < 4.78 is 10.4. The van der Waals surface area contributed by atoms with Crippen molar-refractivity contribution in [1.29, 1.82) is 0 Å². The fraction of sp³-hybridized carbons (Fsp3) is 0.611. The molecule has 1 aromatic rings. The smallest absolute Gasteiger partial charge is 0.329 e. The van der Waals surface area contributed by atoms with Gasteiger partial charge in [-0.3, -0.25) is 9.59 Å². The van der Waals surface area contributed by atoms with Gasteiger partial charge in [-0.1, -0.05) is 13.8 Å². The Morgan fingerprint density at radius 3 is 2.40 bits per heavy atom. The molecule has 0 aliphatic carbocycles. The van der Waals surface area contributed by atoms with E-state index in [0.29, 0.717) is 13.1 Å². The van der Waals surface area contributed by atoms with Gasteiger partial charge in [0, 0.05) is 13.1 Å². The third kappa shape index (κ3) is 5.08. The van der Waals surface area contributed by atoms with Gasteiger partial charge in [-0.15, -0.1) is 0 Å². The Balaban J connectivity index is 1.94. The lowest BCUT2D eigenvalue weighted by molar-refractivity contribution is -0.161. The maximum atomic E-state index is 12.4. The summed E-state index contributed by atoms with van der Waals surface area (Å²) in [7, 11) is 0. The topological polar surface area (TPSA) is 88.9 Å². The molecule has 1 aliphatic rings. The van der Waals surface area contributed by atoms with E-state index in [-0.39, 0.29) is 17.6 Å². The third-order valence-electron chi connectivity index (χ3n) is 4.26. The third-order valence-corrected chi connectivity index (χ3v) is 4.26. The highest BCUT2D eigenvalue weighted by Crippen LogP contribution is 2.13. The first kappa shape index (κ1) is 19.0. The fourth-order valence-electron chi connectivity index (χ4n) is 2.79. The number of carbonyl (C=O) groups excluding carboxylic acids is 3. The summed E-state index contributed by atoms with van der Waals surface area (Å²) in [6, 6.07) is 2.26. The first-order chi connectivity index (χ1) is 11.9. The van der Waals surface area contributed by atoms with E-state index < -0.39 is 24.0 Å². The zero-order valence-corrected chi connectivity index (χ0v) is 15.0. The van der Waals surface area contributed by atoms with Crippen molar-refractivity contribution >= 4 is 17.8 Å². The number of nitrogens with one attached hydrogen (secondary N) is 1. The number of hydrogen-bond acceptors (Lipinski definition) is 5. The number of furan rings is 1. The van der Waals surface area contributed by atoms with Gasteiger partial charge in [0.1, 0.15) is 6.04 Å². The van der Waals surface area contributed by atoms with E-state index in [2.05, 4.69) is 5.32 Å². The van der Waals surface area contributed by atoms with Crippen molar-refractivity contribution in [2.45, 2.75) is 52.2 Å². The Hall–Kier alpha value is -2.31. The van der Waals surface area contributed by atoms with Crippen LogP contribution in [0.25, 0.3) is 0 Å². The number of likely N-dealkylation sites (tertiary alicyclic amines) is 1. The number of nitrogens with zero attached hydrogens (tertiary/aromatic N) is 1. The van der Waals surface area contributed by atoms with Crippen molar-refractivity contribution in [2.75, 3.05) is 13.1 Å². The number of ether oxygens (including phenoxy) is 1. The van der Waals surface area contributed by atoms with Crippen molar-refractivity contribution in [3.8, 4) is 0 Å². The minimum atomic E-state index is -0.868. The lowest BCUT2D eigenvalue weighted by Gasteiger charge is -2.30. The molecule has 0 spiro atoms. The SMILES string of the molecule is CC(C)[C@H](NC(=O)c1ccco1)C(=O)O[C@H](C)C(=O)N1CCCCC1. The first-order valence-corrected chi connectivity index (χ1v) is 8.73. The summed E-state index contributed by atoms with van der Waals surface area (Å²) in [6.45, 7) is 6.56. The zero-order valence-electron chi connectivity index (χ0n) is 15.0. The molecule has 25 heavy (non-hydrogen) atoms. The van der Waals surface area contributed by atoms with Gasteiger partial charge >= 0.3 is 5.97 Å². The number of rotatable bonds is 6. The van der Waals surface area contributed by atoms with E-state index in [1.54, 1.807) is 31.7 Å². The zero-order chi connectivity index (χ0) is 18.4. The molecule has 1 aliphatic heterocycles. The molecule has 0 radical (unpaired) electrons. The Kier molecular flexibility index (Phi) is 6.61. The van der Waals surface area contributed by atoms with Gasteiger partial charge in [-0.05, 0) is 44.2 Å². The minimum absolute atomic E-state index is 0.121. The maximum absolute atomic E-state index is 12.4.